The highest BCUT2D eigenvalue weighted by molar-refractivity contribution is 5.88. The van der Waals surface area contributed by atoms with Crippen LogP contribution in [0, 0.1) is 6.92 Å². The Morgan fingerprint density at radius 3 is 2.35 bits per heavy atom. The molecule has 5 nitrogen and oxygen atoms in total. The quantitative estimate of drug-likeness (QED) is 0.571. The van der Waals surface area contributed by atoms with Gasteiger partial charge in [0, 0.05) is 19.0 Å². The largest absolute Gasteiger partial charge is 0.497 e. The van der Waals surface area contributed by atoms with E-state index in [2.05, 4.69) is 29.6 Å². The van der Waals surface area contributed by atoms with E-state index in [1.165, 1.54) is 5.56 Å². The molecule has 0 aliphatic carbocycles. The van der Waals surface area contributed by atoms with Crippen LogP contribution in [0.2, 0.25) is 0 Å². The highest BCUT2D eigenvalue weighted by Crippen LogP contribution is 2.19. The predicted octanol–water partition coefficient (Wildman–Crippen LogP) is 4.66. The van der Waals surface area contributed by atoms with Crippen LogP contribution in [0.3, 0.4) is 0 Å². The van der Waals surface area contributed by atoms with Crippen molar-refractivity contribution in [3.05, 3.63) is 65.2 Å². The van der Waals surface area contributed by atoms with E-state index in [0.29, 0.717) is 25.8 Å². The number of aryl methyl sites for hydroxylation is 2. The van der Waals surface area contributed by atoms with Gasteiger partial charge in [-0.3, -0.25) is 9.59 Å². The maximum Gasteiger partial charge on any atom is 0.243 e. The smallest absolute Gasteiger partial charge is 0.243 e. The summed E-state index contributed by atoms with van der Waals surface area (Å²) in [5.41, 5.74) is 3.26. The van der Waals surface area contributed by atoms with Gasteiger partial charge in [-0.25, -0.2) is 0 Å². The van der Waals surface area contributed by atoms with Crippen LogP contribution in [-0.4, -0.2) is 35.9 Å². The lowest BCUT2D eigenvalue weighted by Crippen LogP contribution is -2.50. The number of hydrogen-bond donors (Lipinski definition) is 1. The number of carbonyl (C=O) groups excluding carboxylic acids is 2. The SMILES string of the molecule is CC[C@H](C(=O)N[C@@H](C)CC)N(Cc1cccc(OC)c1)C(=O)CCc1ccc(C)cc1. The maximum absolute atomic E-state index is 13.3. The Labute approximate surface area is 186 Å². The fraction of sp³-hybridized carbons (Fsp3) is 0.462. The number of benzene rings is 2. The molecule has 2 amide bonds. The van der Waals surface area contributed by atoms with E-state index in [4.69, 9.17) is 4.74 Å². The summed E-state index contributed by atoms with van der Waals surface area (Å²) < 4.78 is 5.33. The van der Waals surface area contributed by atoms with Crippen molar-refractivity contribution >= 4 is 11.8 Å². The third-order valence-electron chi connectivity index (χ3n) is 5.62. The van der Waals surface area contributed by atoms with Crippen LogP contribution in [-0.2, 0) is 22.6 Å². The van der Waals surface area contributed by atoms with Gasteiger partial charge in [-0.15, -0.1) is 0 Å². The molecule has 0 aliphatic rings. The minimum absolute atomic E-state index is 0.0189. The number of ether oxygens (including phenoxy) is 1. The third kappa shape index (κ3) is 7.42. The fourth-order valence-corrected chi connectivity index (χ4v) is 3.48. The van der Waals surface area contributed by atoms with Crippen LogP contribution in [0.1, 0.15) is 56.7 Å². The molecule has 0 fully saturated rings. The molecule has 0 bridgehead atoms. The number of hydrogen-bond acceptors (Lipinski definition) is 3. The van der Waals surface area contributed by atoms with Crippen LogP contribution in [0.5, 0.6) is 5.75 Å². The molecule has 2 aromatic carbocycles. The molecule has 2 atom stereocenters. The van der Waals surface area contributed by atoms with Gasteiger partial charge in [-0.05, 0) is 56.4 Å². The van der Waals surface area contributed by atoms with E-state index in [9.17, 15) is 9.59 Å². The second-order valence-corrected chi connectivity index (χ2v) is 8.10. The first-order chi connectivity index (χ1) is 14.9. The topological polar surface area (TPSA) is 58.6 Å². The van der Waals surface area contributed by atoms with E-state index in [1.807, 2.05) is 52.0 Å². The lowest BCUT2D eigenvalue weighted by atomic mass is 10.0. The number of methoxy groups -OCH3 is 1. The lowest BCUT2D eigenvalue weighted by molar-refractivity contribution is -0.141. The van der Waals surface area contributed by atoms with Gasteiger partial charge < -0.3 is 15.0 Å². The minimum Gasteiger partial charge on any atom is -0.497 e. The van der Waals surface area contributed by atoms with Crippen molar-refractivity contribution in [2.75, 3.05) is 7.11 Å². The van der Waals surface area contributed by atoms with Gasteiger partial charge >= 0.3 is 0 Å². The van der Waals surface area contributed by atoms with Gasteiger partial charge in [0.05, 0.1) is 7.11 Å². The number of amides is 2. The summed E-state index contributed by atoms with van der Waals surface area (Å²) in [6.07, 6.45) is 2.42. The van der Waals surface area contributed by atoms with Crippen molar-refractivity contribution in [2.24, 2.45) is 0 Å². The third-order valence-corrected chi connectivity index (χ3v) is 5.62. The maximum atomic E-state index is 13.3. The van der Waals surface area contributed by atoms with Gasteiger partial charge in [0.15, 0.2) is 0 Å². The number of nitrogens with zero attached hydrogens (tertiary/aromatic N) is 1. The van der Waals surface area contributed by atoms with E-state index in [0.717, 1.165) is 23.3 Å². The van der Waals surface area contributed by atoms with Crippen molar-refractivity contribution in [3.8, 4) is 5.75 Å². The van der Waals surface area contributed by atoms with Crippen LogP contribution in [0.4, 0.5) is 0 Å². The molecule has 2 aromatic rings. The first-order valence-corrected chi connectivity index (χ1v) is 11.2. The van der Waals surface area contributed by atoms with Crippen molar-refractivity contribution < 1.29 is 14.3 Å². The Kier molecular flexibility index (Phi) is 9.57. The Morgan fingerprint density at radius 1 is 1.03 bits per heavy atom. The molecular weight excluding hydrogens is 388 g/mol. The number of nitrogens with one attached hydrogen (secondary N) is 1. The van der Waals surface area contributed by atoms with Gasteiger partial charge in [-0.1, -0.05) is 55.8 Å². The Balaban J connectivity index is 2.22. The standard InChI is InChI=1S/C26H36N2O3/c1-6-20(4)27-26(30)24(7-2)28(18-22-9-8-10-23(17-22)31-5)25(29)16-15-21-13-11-19(3)12-14-21/h8-14,17,20,24H,6-7,15-16,18H2,1-5H3,(H,27,30)/t20-,24+/m0/s1. The monoisotopic (exact) mass is 424 g/mol. The Bertz CT molecular complexity index is 848. The molecule has 2 rings (SSSR count). The predicted molar refractivity (Wildman–Crippen MR) is 125 cm³/mol. The molecule has 0 heterocycles. The molecule has 0 aliphatic heterocycles. The van der Waals surface area contributed by atoms with E-state index < -0.39 is 6.04 Å². The summed E-state index contributed by atoms with van der Waals surface area (Å²) in [5.74, 6) is 0.625. The summed E-state index contributed by atoms with van der Waals surface area (Å²) in [4.78, 5) is 28.0. The fourth-order valence-electron chi connectivity index (χ4n) is 3.48. The zero-order valence-electron chi connectivity index (χ0n) is 19.5. The summed E-state index contributed by atoms with van der Waals surface area (Å²) in [6.45, 7) is 8.39. The molecule has 0 radical (unpaired) electrons. The summed E-state index contributed by atoms with van der Waals surface area (Å²) in [5, 5.41) is 3.05. The van der Waals surface area contributed by atoms with E-state index in [1.54, 1.807) is 12.0 Å². The molecule has 0 spiro atoms. The molecule has 0 aromatic heterocycles. The van der Waals surface area contributed by atoms with Gasteiger partial charge in [-0.2, -0.15) is 0 Å². The lowest BCUT2D eigenvalue weighted by Gasteiger charge is -2.31. The normalized spacial score (nSPS) is 12.7. The summed E-state index contributed by atoms with van der Waals surface area (Å²) in [7, 11) is 1.62. The number of rotatable bonds is 11. The van der Waals surface area contributed by atoms with E-state index >= 15 is 0 Å². The molecule has 168 valence electrons. The first-order valence-electron chi connectivity index (χ1n) is 11.2. The van der Waals surface area contributed by atoms with E-state index in [-0.39, 0.29) is 17.9 Å². The van der Waals surface area contributed by atoms with Gasteiger partial charge in [0.1, 0.15) is 11.8 Å². The van der Waals surface area contributed by atoms with Gasteiger partial charge in [0.25, 0.3) is 0 Å². The highest BCUT2D eigenvalue weighted by Gasteiger charge is 2.29. The Hall–Kier alpha value is -2.82. The van der Waals surface area contributed by atoms with Crippen molar-refractivity contribution in [3.63, 3.8) is 0 Å². The molecular formula is C26H36N2O3. The van der Waals surface area contributed by atoms with Crippen molar-refractivity contribution in [2.45, 2.75) is 72.0 Å². The van der Waals surface area contributed by atoms with Crippen LogP contribution >= 0.6 is 0 Å². The first kappa shape index (κ1) is 24.4. The highest BCUT2D eigenvalue weighted by atomic mass is 16.5. The number of carbonyl (C=O) groups is 2. The zero-order valence-corrected chi connectivity index (χ0v) is 19.5. The molecule has 0 saturated carbocycles. The second kappa shape index (κ2) is 12.1. The van der Waals surface area contributed by atoms with Crippen LogP contribution in [0.15, 0.2) is 48.5 Å². The Morgan fingerprint density at radius 2 is 1.74 bits per heavy atom. The molecule has 0 saturated heterocycles. The minimum atomic E-state index is -0.509. The van der Waals surface area contributed by atoms with Crippen molar-refractivity contribution in [1.82, 2.24) is 10.2 Å². The zero-order chi connectivity index (χ0) is 22.8. The second-order valence-electron chi connectivity index (χ2n) is 8.10. The molecule has 0 unspecified atom stereocenters. The summed E-state index contributed by atoms with van der Waals surface area (Å²) in [6, 6.07) is 15.5. The van der Waals surface area contributed by atoms with Crippen LogP contribution in [0.25, 0.3) is 0 Å². The average Bonchev–Trinajstić information content (AvgIpc) is 2.78. The summed E-state index contributed by atoms with van der Waals surface area (Å²) >= 11 is 0. The average molecular weight is 425 g/mol. The van der Waals surface area contributed by atoms with Crippen LogP contribution < -0.4 is 10.1 Å². The van der Waals surface area contributed by atoms with Crippen molar-refractivity contribution in [1.29, 1.82) is 0 Å². The van der Waals surface area contributed by atoms with Gasteiger partial charge in [0.2, 0.25) is 11.8 Å². The molecule has 31 heavy (non-hydrogen) atoms. The molecule has 1 N–H and O–H groups in total. The molecule has 5 heteroatoms.